The van der Waals surface area contributed by atoms with E-state index < -0.39 is 23.6 Å². The molecule has 0 bridgehead atoms. The zero-order chi connectivity index (χ0) is 14.0. The molecular weight excluding hydrogens is 248 g/mol. The molecule has 0 saturated heterocycles. The Labute approximate surface area is 111 Å². The van der Waals surface area contributed by atoms with Crippen molar-refractivity contribution >= 4 is 11.9 Å². The molecule has 0 fully saturated rings. The molecule has 5 nitrogen and oxygen atoms in total. The highest BCUT2D eigenvalue weighted by Crippen LogP contribution is 2.41. The zero-order valence-electron chi connectivity index (χ0n) is 10.9. The molecule has 0 saturated carbocycles. The molecule has 1 aromatic rings. The van der Waals surface area contributed by atoms with E-state index in [1.54, 1.807) is 38.1 Å². The van der Waals surface area contributed by atoms with Gasteiger partial charge in [-0.15, -0.1) is 0 Å². The minimum absolute atomic E-state index is 0.209. The predicted octanol–water partition coefficient (Wildman–Crippen LogP) is 1.59. The second kappa shape index (κ2) is 5.01. The molecule has 0 radical (unpaired) electrons. The average Bonchev–Trinajstić information content (AvgIpc) is 2.64. The van der Waals surface area contributed by atoms with E-state index in [9.17, 15) is 14.7 Å². The number of ether oxygens (including phenoxy) is 2. The van der Waals surface area contributed by atoms with E-state index in [-0.39, 0.29) is 12.2 Å². The Balaban J connectivity index is 2.43. The molecule has 1 N–H and O–H groups in total. The molecule has 2 unspecified atom stereocenters. The highest BCUT2D eigenvalue weighted by molar-refractivity contribution is 5.95. The van der Waals surface area contributed by atoms with E-state index in [2.05, 4.69) is 0 Å². The number of cyclic esters (lactones) is 1. The first-order valence-electron chi connectivity index (χ1n) is 6.26. The monoisotopic (exact) mass is 264 g/mol. The van der Waals surface area contributed by atoms with Crippen LogP contribution in [0, 0.1) is 5.92 Å². The number of carbonyl (C=O) groups excluding carboxylic acids is 2. The van der Waals surface area contributed by atoms with Gasteiger partial charge in [-0.05, 0) is 19.4 Å². The van der Waals surface area contributed by atoms with Crippen molar-refractivity contribution < 1.29 is 24.2 Å². The minimum atomic E-state index is -1.94. The normalized spacial score (nSPS) is 22.6. The second-order valence-corrected chi connectivity index (χ2v) is 4.34. The molecular formula is C14H16O5. The predicted molar refractivity (Wildman–Crippen MR) is 66.2 cm³/mol. The minimum Gasteiger partial charge on any atom is -0.466 e. The Bertz CT molecular complexity index is 510. The lowest BCUT2D eigenvalue weighted by atomic mass is 9.89. The lowest BCUT2D eigenvalue weighted by Gasteiger charge is -2.29. The van der Waals surface area contributed by atoms with Crippen LogP contribution in [0.25, 0.3) is 0 Å². The average molecular weight is 264 g/mol. The van der Waals surface area contributed by atoms with Crippen LogP contribution < -0.4 is 0 Å². The molecule has 2 rings (SSSR count). The summed E-state index contributed by atoms with van der Waals surface area (Å²) in [5.41, 5.74) is 0.604. The topological polar surface area (TPSA) is 72.8 Å². The van der Waals surface area contributed by atoms with Crippen LogP contribution in [-0.4, -0.2) is 23.7 Å². The molecule has 1 heterocycles. The first-order valence-corrected chi connectivity index (χ1v) is 6.26. The van der Waals surface area contributed by atoms with E-state index in [1.165, 1.54) is 0 Å². The number of rotatable bonds is 4. The van der Waals surface area contributed by atoms with Crippen molar-refractivity contribution in [2.75, 3.05) is 6.61 Å². The molecule has 1 aliphatic rings. The molecule has 2 atom stereocenters. The van der Waals surface area contributed by atoms with Gasteiger partial charge in [-0.1, -0.05) is 25.1 Å². The van der Waals surface area contributed by atoms with Gasteiger partial charge in [0.15, 0.2) is 0 Å². The van der Waals surface area contributed by atoms with E-state index in [0.29, 0.717) is 12.0 Å². The van der Waals surface area contributed by atoms with Gasteiger partial charge in [0, 0.05) is 5.56 Å². The fourth-order valence-electron chi connectivity index (χ4n) is 2.33. The lowest BCUT2D eigenvalue weighted by Crippen LogP contribution is -2.40. The highest BCUT2D eigenvalue weighted by Gasteiger charge is 2.52. The van der Waals surface area contributed by atoms with Gasteiger partial charge in [-0.2, -0.15) is 0 Å². The summed E-state index contributed by atoms with van der Waals surface area (Å²) in [7, 11) is 0. The third-order valence-corrected chi connectivity index (χ3v) is 3.23. The van der Waals surface area contributed by atoms with Crippen molar-refractivity contribution in [2.45, 2.75) is 26.1 Å². The van der Waals surface area contributed by atoms with Crippen LogP contribution in [0.4, 0.5) is 0 Å². The standard InChI is InChI=1S/C14H16O5/c1-3-10(13(16)18-4-2)14(17)11-8-6-5-7-9(11)12(15)19-14/h5-8,10,17H,3-4H2,1-2H3. The van der Waals surface area contributed by atoms with Crippen LogP contribution in [0.15, 0.2) is 24.3 Å². The van der Waals surface area contributed by atoms with E-state index in [4.69, 9.17) is 9.47 Å². The number of hydrogen-bond acceptors (Lipinski definition) is 5. The summed E-state index contributed by atoms with van der Waals surface area (Å²) >= 11 is 0. The van der Waals surface area contributed by atoms with E-state index in [1.807, 2.05) is 0 Å². The van der Waals surface area contributed by atoms with Crippen molar-refractivity contribution in [2.24, 2.45) is 5.92 Å². The van der Waals surface area contributed by atoms with Gasteiger partial charge in [0.2, 0.25) is 0 Å². The van der Waals surface area contributed by atoms with Gasteiger partial charge in [-0.25, -0.2) is 4.79 Å². The van der Waals surface area contributed by atoms with Crippen molar-refractivity contribution in [1.29, 1.82) is 0 Å². The quantitative estimate of drug-likeness (QED) is 0.836. The van der Waals surface area contributed by atoms with Crippen LogP contribution in [0.1, 0.15) is 36.2 Å². The summed E-state index contributed by atoms with van der Waals surface area (Å²) in [4.78, 5) is 23.7. The van der Waals surface area contributed by atoms with Crippen LogP contribution in [0.3, 0.4) is 0 Å². The van der Waals surface area contributed by atoms with E-state index in [0.717, 1.165) is 0 Å². The van der Waals surface area contributed by atoms with Crippen molar-refractivity contribution in [3.05, 3.63) is 35.4 Å². The third kappa shape index (κ3) is 2.10. The second-order valence-electron chi connectivity index (χ2n) is 4.34. The van der Waals surface area contributed by atoms with Gasteiger partial charge in [0.1, 0.15) is 5.92 Å². The molecule has 0 aromatic heterocycles. The Kier molecular flexibility index (Phi) is 3.57. The van der Waals surface area contributed by atoms with Crippen molar-refractivity contribution in [3.8, 4) is 0 Å². The van der Waals surface area contributed by atoms with Crippen molar-refractivity contribution in [1.82, 2.24) is 0 Å². The summed E-state index contributed by atoms with van der Waals surface area (Å²) in [5.74, 6) is -4.06. The van der Waals surface area contributed by atoms with Crippen molar-refractivity contribution in [3.63, 3.8) is 0 Å². The molecule has 102 valence electrons. The number of esters is 2. The van der Waals surface area contributed by atoms with Gasteiger partial charge in [0.25, 0.3) is 5.79 Å². The maximum absolute atomic E-state index is 11.9. The summed E-state index contributed by atoms with van der Waals surface area (Å²) < 4.78 is 9.99. The molecule has 1 aliphatic heterocycles. The van der Waals surface area contributed by atoms with Gasteiger partial charge >= 0.3 is 11.9 Å². The molecule has 1 aromatic carbocycles. The Hall–Kier alpha value is -1.88. The molecule has 0 spiro atoms. The first kappa shape index (κ1) is 13.5. The first-order chi connectivity index (χ1) is 9.04. The smallest absolute Gasteiger partial charge is 0.341 e. The Morgan fingerprint density at radius 1 is 1.42 bits per heavy atom. The van der Waals surface area contributed by atoms with Gasteiger partial charge < -0.3 is 14.6 Å². The number of aliphatic hydroxyl groups is 1. The third-order valence-electron chi connectivity index (χ3n) is 3.23. The highest BCUT2D eigenvalue weighted by atomic mass is 16.7. The zero-order valence-corrected chi connectivity index (χ0v) is 10.9. The number of fused-ring (bicyclic) bond motifs is 1. The maximum atomic E-state index is 11.9. The number of hydrogen-bond donors (Lipinski definition) is 1. The molecule has 0 aliphatic carbocycles. The molecule has 19 heavy (non-hydrogen) atoms. The Morgan fingerprint density at radius 3 is 2.74 bits per heavy atom. The molecule has 5 heteroatoms. The summed E-state index contributed by atoms with van der Waals surface area (Å²) in [6.07, 6.45) is 0.303. The fraction of sp³-hybridized carbons (Fsp3) is 0.429. The maximum Gasteiger partial charge on any atom is 0.341 e. The largest absolute Gasteiger partial charge is 0.466 e. The Morgan fingerprint density at radius 2 is 2.11 bits per heavy atom. The summed E-state index contributed by atoms with van der Waals surface area (Å²) in [6.45, 7) is 3.62. The van der Waals surface area contributed by atoms with Crippen LogP contribution in [0.5, 0.6) is 0 Å². The van der Waals surface area contributed by atoms with Gasteiger partial charge in [0.05, 0.1) is 12.2 Å². The van der Waals surface area contributed by atoms with Crippen LogP contribution in [-0.2, 0) is 20.1 Å². The summed E-state index contributed by atoms with van der Waals surface area (Å²) in [5, 5.41) is 10.6. The van der Waals surface area contributed by atoms with Crippen LogP contribution >= 0.6 is 0 Å². The fourth-order valence-corrected chi connectivity index (χ4v) is 2.33. The number of carbonyl (C=O) groups is 2. The van der Waals surface area contributed by atoms with Gasteiger partial charge in [-0.3, -0.25) is 4.79 Å². The molecule has 0 amide bonds. The summed E-state index contributed by atoms with van der Waals surface area (Å²) in [6, 6.07) is 6.51. The lowest BCUT2D eigenvalue weighted by molar-refractivity contribution is -0.213. The number of benzene rings is 1. The van der Waals surface area contributed by atoms with E-state index >= 15 is 0 Å². The SMILES string of the molecule is CCOC(=O)C(CC)C1(O)OC(=O)c2ccccc21. The van der Waals surface area contributed by atoms with Crippen LogP contribution in [0.2, 0.25) is 0 Å².